The lowest BCUT2D eigenvalue weighted by atomic mass is 9.43. The van der Waals surface area contributed by atoms with Gasteiger partial charge in [-0.25, -0.2) is 4.79 Å². The number of hydrogen-bond acceptors (Lipinski definition) is 4. The summed E-state index contributed by atoms with van der Waals surface area (Å²) in [7, 11) is 0. The predicted octanol–water partition coefficient (Wildman–Crippen LogP) is 5.29. The fraction of sp³-hybridized carbons (Fsp3) is 0.821. The number of carbonyl (C=O) groups excluding carboxylic acids is 1. The van der Waals surface area contributed by atoms with Crippen LogP contribution < -0.4 is 0 Å². The number of aliphatic hydroxyl groups excluding tert-OH is 2. The standard InChI is InChI=1S/C28H44O4/c1-6-19-23-16-18(29)12-14-28(23,5)22-13-15-27(4)20(9-10-21(27)25(22)26(19)31)17(3)8-11-24(30)32-7-2/h8,11,16-22,25-26,29,31H,6-7,9-10,12-15H2,1-5H3/b11-8+/t17-,18?,19+,20?,21?,22?,25?,26-,27-,28-/m1/s1. The third kappa shape index (κ3) is 3.70. The highest BCUT2D eigenvalue weighted by atomic mass is 16.5. The van der Waals surface area contributed by atoms with Crippen molar-refractivity contribution in [1.29, 1.82) is 0 Å². The molecule has 0 aliphatic heterocycles. The van der Waals surface area contributed by atoms with Crippen molar-refractivity contribution in [3.63, 3.8) is 0 Å². The number of aliphatic hydroxyl groups is 2. The van der Waals surface area contributed by atoms with Gasteiger partial charge >= 0.3 is 5.97 Å². The summed E-state index contributed by atoms with van der Waals surface area (Å²) in [6, 6.07) is 0. The smallest absolute Gasteiger partial charge is 0.330 e. The second-order valence-corrected chi connectivity index (χ2v) is 11.6. The second-order valence-electron chi connectivity index (χ2n) is 11.6. The summed E-state index contributed by atoms with van der Waals surface area (Å²) in [5.74, 6) is 2.14. The van der Waals surface area contributed by atoms with Gasteiger partial charge in [0, 0.05) is 12.0 Å². The van der Waals surface area contributed by atoms with Crippen LogP contribution in [0.15, 0.2) is 23.8 Å². The van der Waals surface area contributed by atoms with Gasteiger partial charge in [-0.2, -0.15) is 0 Å². The molecule has 180 valence electrons. The zero-order valence-electron chi connectivity index (χ0n) is 20.7. The van der Waals surface area contributed by atoms with Gasteiger partial charge in [0.2, 0.25) is 0 Å². The summed E-state index contributed by atoms with van der Waals surface area (Å²) < 4.78 is 5.08. The van der Waals surface area contributed by atoms with Crippen molar-refractivity contribution in [1.82, 2.24) is 0 Å². The van der Waals surface area contributed by atoms with E-state index in [1.165, 1.54) is 24.8 Å². The predicted molar refractivity (Wildman–Crippen MR) is 127 cm³/mol. The molecule has 32 heavy (non-hydrogen) atoms. The average Bonchev–Trinajstić information content (AvgIpc) is 3.11. The fourth-order valence-corrected chi connectivity index (χ4v) is 8.81. The topological polar surface area (TPSA) is 66.8 Å². The zero-order chi connectivity index (χ0) is 23.3. The molecular formula is C28H44O4. The molecule has 0 aromatic heterocycles. The van der Waals surface area contributed by atoms with Crippen LogP contribution in [0.5, 0.6) is 0 Å². The molecule has 4 nitrogen and oxygen atoms in total. The molecule has 0 radical (unpaired) electrons. The maximum atomic E-state index is 11.9. The minimum absolute atomic E-state index is 0.110. The van der Waals surface area contributed by atoms with Crippen molar-refractivity contribution >= 4 is 5.97 Å². The van der Waals surface area contributed by atoms with E-state index < -0.39 is 0 Å². The van der Waals surface area contributed by atoms with Crippen molar-refractivity contribution in [2.45, 2.75) is 91.8 Å². The van der Waals surface area contributed by atoms with Gasteiger partial charge in [-0.05, 0) is 92.3 Å². The van der Waals surface area contributed by atoms with Crippen LogP contribution in [0.1, 0.15) is 79.6 Å². The van der Waals surface area contributed by atoms with Crippen LogP contribution >= 0.6 is 0 Å². The van der Waals surface area contributed by atoms with E-state index in [4.69, 9.17) is 4.74 Å². The van der Waals surface area contributed by atoms with E-state index in [0.717, 1.165) is 25.7 Å². The van der Waals surface area contributed by atoms with Crippen LogP contribution in [-0.2, 0) is 9.53 Å². The number of ether oxygens (including phenoxy) is 1. The molecule has 4 rings (SSSR count). The van der Waals surface area contributed by atoms with Crippen LogP contribution in [0.2, 0.25) is 0 Å². The Bertz CT molecular complexity index is 771. The van der Waals surface area contributed by atoms with E-state index in [-0.39, 0.29) is 34.9 Å². The van der Waals surface area contributed by atoms with E-state index >= 15 is 0 Å². The first-order valence-electron chi connectivity index (χ1n) is 13.1. The molecule has 0 aromatic carbocycles. The fourth-order valence-electron chi connectivity index (χ4n) is 8.81. The zero-order valence-corrected chi connectivity index (χ0v) is 20.7. The van der Waals surface area contributed by atoms with Gasteiger partial charge in [0.1, 0.15) is 0 Å². The van der Waals surface area contributed by atoms with Crippen molar-refractivity contribution in [3.8, 4) is 0 Å². The lowest BCUT2D eigenvalue weighted by Crippen LogP contribution is -2.58. The van der Waals surface area contributed by atoms with Gasteiger partial charge in [-0.15, -0.1) is 0 Å². The van der Waals surface area contributed by atoms with Gasteiger partial charge in [0.25, 0.3) is 0 Å². The largest absolute Gasteiger partial charge is 0.463 e. The lowest BCUT2D eigenvalue weighted by Gasteiger charge is -2.62. The van der Waals surface area contributed by atoms with E-state index in [9.17, 15) is 15.0 Å². The van der Waals surface area contributed by atoms with Crippen molar-refractivity contribution < 1.29 is 19.7 Å². The molecule has 0 bridgehead atoms. The highest BCUT2D eigenvalue weighted by Crippen LogP contribution is 2.68. The first kappa shape index (κ1) is 24.0. The Hall–Kier alpha value is -1.13. The molecule has 10 atom stereocenters. The Morgan fingerprint density at radius 2 is 1.91 bits per heavy atom. The maximum Gasteiger partial charge on any atom is 0.330 e. The Morgan fingerprint density at radius 1 is 1.16 bits per heavy atom. The Kier molecular flexibility index (Phi) is 6.68. The second kappa shape index (κ2) is 8.91. The van der Waals surface area contributed by atoms with Crippen LogP contribution in [-0.4, -0.2) is 35.0 Å². The summed E-state index contributed by atoms with van der Waals surface area (Å²) in [6.07, 6.45) is 12.6. The first-order valence-corrected chi connectivity index (χ1v) is 13.1. The minimum atomic E-state index is -0.354. The number of allylic oxidation sites excluding steroid dienone is 1. The van der Waals surface area contributed by atoms with Gasteiger partial charge in [0.05, 0.1) is 18.8 Å². The summed E-state index contributed by atoms with van der Waals surface area (Å²) >= 11 is 0. The van der Waals surface area contributed by atoms with Crippen LogP contribution in [0.3, 0.4) is 0 Å². The van der Waals surface area contributed by atoms with E-state index in [1.807, 2.05) is 6.92 Å². The highest BCUT2D eigenvalue weighted by Gasteiger charge is 2.63. The van der Waals surface area contributed by atoms with E-state index in [1.54, 1.807) is 6.08 Å². The minimum Gasteiger partial charge on any atom is -0.463 e. The molecule has 0 aromatic rings. The third-order valence-corrected chi connectivity index (χ3v) is 10.3. The molecule has 0 amide bonds. The molecule has 4 aliphatic rings. The molecule has 3 fully saturated rings. The molecule has 4 aliphatic carbocycles. The molecular weight excluding hydrogens is 400 g/mol. The van der Waals surface area contributed by atoms with Crippen LogP contribution in [0.4, 0.5) is 0 Å². The Morgan fingerprint density at radius 3 is 2.59 bits per heavy atom. The van der Waals surface area contributed by atoms with Gasteiger partial charge in [-0.1, -0.05) is 45.4 Å². The van der Waals surface area contributed by atoms with Gasteiger partial charge < -0.3 is 14.9 Å². The molecule has 0 saturated heterocycles. The summed E-state index contributed by atoms with van der Waals surface area (Å²) in [5, 5.41) is 22.1. The van der Waals surface area contributed by atoms with Crippen molar-refractivity contribution in [2.75, 3.05) is 6.61 Å². The van der Waals surface area contributed by atoms with Gasteiger partial charge in [-0.3, -0.25) is 0 Å². The van der Waals surface area contributed by atoms with Gasteiger partial charge in [0.15, 0.2) is 0 Å². The summed E-state index contributed by atoms with van der Waals surface area (Å²) in [6.45, 7) is 11.6. The quantitative estimate of drug-likeness (QED) is 0.344. The molecule has 3 saturated carbocycles. The highest BCUT2D eigenvalue weighted by molar-refractivity contribution is 5.81. The number of rotatable bonds is 5. The SMILES string of the molecule is CCOC(=O)/C=C/[C@@H](C)C1CCC2C3C(CC[C@@]21C)[C@@]1(C)CCC(O)C=C1[C@H](CC)[C@H]3O. The molecule has 4 heteroatoms. The summed E-state index contributed by atoms with van der Waals surface area (Å²) in [4.78, 5) is 11.9. The Balaban J connectivity index is 1.62. The van der Waals surface area contributed by atoms with Crippen molar-refractivity contribution in [2.24, 2.45) is 46.3 Å². The maximum absolute atomic E-state index is 11.9. The first-order chi connectivity index (χ1) is 15.2. The molecule has 0 heterocycles. The van der Waals surface area contributed by atoms with Crippen molar-refractivity contribution in [3.05, 3.63) is 23.8 Å². The lowest BCUT2D eigenvalue weighted by molar-refractivity contribution is -0.137. The Labute approximate surface area is 194 Å². The van der Waals surface area contributed by atoms with Crippen LogP contribution in [0.25, 0.3) is 0 Å². The third-order valence-electron chi connectivity index (χ3n) is 10.3. The number of carbonyl (C=O) groups is 1. The number of esters is 1. The number of fused-ring (bicyclic) bond motifs is 5. The number of hydrogen-bond donors (Lipinski definition) is 2. The molecule has 0 spiro atoms. The summed E-state index contributed by atoms with van der Waals surface area (Å²) in [5.41, 5.74) is 1.65. The van der Waals surface area contributed by atoms with E-state index in [0.29, 0.717) is 36.2 Å². The van der Waals surface area contributed by atoms with E-state index in [2.05, 4.69) is 39.8 Å². The molecule has 2 N–H and O–H groups in total. The average molecular weight is 445 g/mol. The van der Waals surface area contributed by atoms with Crippen LogP contribution in [0, 0.1) is 46.3 Å². The monoisotopic (exact) mass is 444 g/mol. The normalized spacial score (nSPS) is 46.7. The molecule has 5 unspecified atom stereocenters.